The van der Waals surface area contributed by atoms with Crippen molar-refractivity contribution in [1.29, 1.82) is 0 Å². The molecule has 108 valence electrons. The van der Waals surface area contributed by atoms with Gasteiger partial charge in [0.05, 0.1) is 6.61 Å². The first-order valence-corrected chi connectivity index (χ1v) is 7.21. The van der Waals surface area contributed by atoms with Gasteiger partial charge in [-0.25, -0.2) is 0 Å². The van der Waals surface area contributed by atoms with E-state index >= 15 is 0 Å². The molecule has 0 spiro atoms. The standard InChI is InChI=1S/C16H28N2O/c1-6-19-16-9-7-15(8-10-16)14(4)17-11-12-18(5)13(2)3/h7-10,13-14,17H,6,11-12H2,1-5H3. The molecule has 1 N–H and O–H groups in total. The van der Waals surface area contributed by atoms with E-state index in [1.165, 1.54) is 5.56 Å². The van der Waals surface area contributed by atoms with E-state index in [1.54, 1.807) is 0 Å². The number of nitrogens with one attached hydrogen (secondary N) is 1. The lowest BCUT2D eigenvalue weighted by atomic mass is 10.1. The van der Waals surface area contributed by atoms with Crippen molar-refractivity contribution in [2.24, 2.45) is 0 Å². The molecule has 0 bridgehead atoms. The molecule has 1 aromatic carbocycles. The first-order valence-electron chi connectivity index (χ1n) is 7.21. The van der Waals surface area contributed by atoms with Gasteiger partial charge < -0.3 is 15.0 Å². The Balaban J connectivity index is 2.38. The molecule has 0 saturated carbocycles. The lowest BCUT2D eigenvalue weighted by molar-refractivity contribution is 0.270. The average molecular weight is 264 g/mol. The normalized spacial score (nSPS) is 13.0. The van der Waals surface area contributed by atoms with Gasteiger partial charge in [-0.3, -0.25) is 0 Å². The maximum absolute atomic E-state index is 5.45. The Morgan fingerprint density at radius 1 is 1.16 bits per heavy atom. The number of likely N-dealkylation sites (N-methyl/N-ethyl adjacent to an activating group) is 1. The van der Waals surface area contributed by atoms with Crippen LogP contribution in [0.4, 0.5) is 0 Å². The smallest absolute Gasteiger partial charge is 0.119 e. The van der Waals surface area contributed by atoms with Crippen LogP contribution in [-0.4, -0.2) is 37.7 Å². The molecule has 0 aliphatic carbocycles. The summed E-state index contributed by atoms with van der Waals surface area (Å²) >= 11 is 0. The van der Waals surface area contributed by atoms with E-state index in [1.807, 2.05) is 19.1 Å². The van der Waals surface area contributed by atoms with Gasteiger partial charge in [0, 0.05) is 25.2 Å². The highest BCUT2D eigenvalue weighted by Gasteiger charge is 2.06. The summed E-state index contributed by atoms with van der Waals surface area (Å²) in [5.74, 6) is 0.943. The second-order valence-corrected chi connectivity index (χ2v) is 5.25. The minimum atomic E-state index is 0.372. The number of rotatable bonds is 8. The number of nitrogens with zero attached hydrogens (tertiary/aromatic N) is 1. The third-order valence-electron chi connectivity index (χ3n) is 3.49. The molecule has 3 heteroatoms. The van der Waals surface area contributed by atoms with E-state index in [2.05, 4.69) is 50.2 Å². The Hall–Kier alpha value is -1.06. The molecule has 0 aromatic heterocycles. The van der Waals surface area contributed by atoms with Crippen LogP contribution in [0.2, 0.25) is 0 Å². The molecule has 0 amide bonds. The van der Waals surface area contributed by atoms with E-state index in [-0.39, 0.29) is 0 Å². The molecule has 0 saturated heterocycles. The van der Waals surface area contributed by atoms with Gasteiger partial charge in [0.2, 0.25) is 0 Å². The van der Waals surface area contributed by atoms with E-state index in [0.717, 1.165) is 18.8 Å². The average Bonchev–Trinajstić information content (AvgIpc) is 2.39. The van der Waals surface area contributed by atoms with Crippen LogP contribution in [0.5, 0.6) is 5.75 Å². The van der Waals surface area contributed by atoms with Crippen molar-refractivity contribution in [2.45, 2.75) is 39.8 Å². The predicted octanol–water partition coefficient (Wildman–Crippen LogP) is 3.08. The highest BCUT2D eigenvalue weighted by molar-refractivity contribution is 5.28. The van der Waals surface area contributed by atoms with Crippen molar-refractivity contribution < 1.29 is 4.74 Å². The molecule has 19 heavy (non-hydrogen) atoms. The van der Waals surface area contributed by atoms with E-state index < -0.39 is 0 Å². The molecular formula is C16H28N2O. The van der Waals surface area contributed by atoms with Gasteiger partial charge in [-0.15, -0.1) is 0 Å². The summed E-state index contributed by atoms with van der Waals surface area (Å²) < 4.78 is 5.45. The maximum Gasteiger partial charge on any atom is 0.119 e. The molecule has 1 aromatic rings. The monoisotopic (exact) mass is 264 g/mol. The molecule has 0 fully saturated rings. The van der Waals surface area contributed by atoms with Crippen LogP contribution in [0.3, 0.4) is 0 Å². The van der Waals surface area contributed by atoms with Crippen LogP contribution in [0, 0.1) is 0 Å². The van der Waals surface area contributed by atoms with Gasteiger partial charge in [-0.2, -0.15) is 0 Å². The number of hydrogen-bond acceptors (Lipinski definition) is 3. The van der Waals surface area contributed by atoms with Gasteiger partial charge in [0.25, 0.3) is 0 Å². The maximum atomic E-state index is 5.45. The SMILES string of the molecule is CCOc1ccc(C(C)NCCN(C)C(C)C)cc1. The number of ether oxygens (including phenoxy) is 1. The Kier molecular flexibility index (Phi) is 6.89. The lowest BCUT2D eigenvalue weighted by Gasteiger charge is -2.22. The highest BCUT2D eigenvalue weighted by Crippen LogP contribution is 2.17. The molecule has 0 aliphatic rings. The van der Waals surface area contributed by atoms with E-state index in [0.29, 0.717) is 18.7 Å². The fraction of sp³-hybridized carbons (Fsp3) is 0.625. The van der Waals surface area contributed by atoms with Crippen molar-refractivity contribution in [3.05, 3.63) is 29.8 Å². The largest absolute Gasteiger partial charge is 0.494 e. The summed E-state index contributed by atoms with van der Waals surface area (Å²) in [7, 11) is 2.16. The van der Waals surface area contributed by atoms with Crippen molar-refractivity contribution in [1.82, 2.24) is 10.2 Å². The van der Waals surface area contributed by atoms with Gasteiger partial charge in [0.1, 0.15) is 5.75 Å². The van der Waals surface area contributed by atoms with Crippen LogP contribution in [0.1, 0.15) is 39.3 Å². The van der Waals surface area contributed by atoms with E-state index in [9.17, 15) is 0 Å². The van der Waals surface area contributed by atoms with Gasteiger partial charge in [0.15, 0.2) is 0 Å². The Bertz CT molecular complexity index is 348. The Labute approximate surface area is 118 Å². The van der Waals surface area contributed by atoms with Gasteiger partial charge >= 0.3 is 0 Å². The Morgan fingerprint density at radius 3 is 2.32 bits per heavy atom. The zero-order chi connectivity index (χ0) is 14.3. The molecule has 0 radical (unpaired) electrons. The summed E-state index contributed by atoms with van der Waals surface area (Å²) in [6.45, 7) is 11.4. The quantitative estimate of drug-likeness (QED) is 0.781. The summed E-state index contributed by atoms with van der Waals surface area (Å²) in [6, 6.07) is 9.32. The third kappa shape index (κ3) is 5.62. The molecule has 0 heterocycles. The third-order valence-corrected chi connectivity index (χ3v) is 3.49. The molecule has 3 nitrogen and oxygen atoms in total. The molecule has 1 unspecified atom stereocenters. The Morgan fingerprint density at radius 2 is 1.79 bits per heavy atom. The van der Waals surface area contributed by atoms with E-state index in [4.69, 9.17) is 4.74 Å². The van der Waals surface area contributed by atoms with Gasteiger partial charge in [-0.05, 0) is 52.4 Å². The minimum absolute atomic E-state index is 0.372. The first kappa shape index (κ1) is 16.0. The second kappa shape index (κ2) is 8.18. The highest BCUT2D eigenvalue weighted by atomic mass is 16.5. The van der Waals surface area contributed by atoms with Crippen LogP contribution < -0.4 is 10.1 Å². The molecular weight excluding hydrogens is 236 g/mol. The van der Waals surface area contributed by atoms with Gasteiger partial charge in [-0.1, -0.05) is 12.1 Å². The fourth-order valence-electron chi connectivity index (χ4n) is 1.85. The summed E-state index contributed by atoms with van der Waals surface area (Å²) in [6.07, 6.45) is 0. The molecule has 0 aliphatic heterocycles. The van der Waals surface area contributed by atoms with Crippen LogP contribution in [0.25, 0.3) is 0 Å². The molecule has 1 rings (SSSR count). The summed E-state index contributed by atoms with van der Waals surface area (Å²) in [5, 5.41) is 3.55. The topological polar surface area (TPSA) is 24.5 Å². The van der Waals surface area contributed by atoms with Crippen molar-refractivity contribution in [3.8, 4) is 5.75 Å². The fourth-order valence-corrected chi connectivity index (χ4v) is 1.85. The second-order valence-electron chi connectivity index (χ2n) is 5.25. The first-order chi connectivity index (χ1) is 9.04. The summed E-state index contributed by atoms with van der Waals surface area (Å²) in [4.78, 5) is 2.35. The molecule has 1 atom stereocenters. The van der Waals surface area contributed by atoms with Crippen LogP contribution >= 0.6 is 0 Å². The zero-order valence-corrected chi connectivity index (χ0v) is 12.9. The van der Waals surface area contributed by atoms with Crippen LogP contribution in [0.15, 0.2) is 24.3 Å². The van der Waals surface area contributed by atoms with Crippen molar-refractivity contribution in [2.75, 3.05) is 26.7 Å². The number of benzene rings is 1. The number of hydrogen-bond donors (Lipinski definition) is 1. The van der Waals surface area contributed by atoms with Crippen molar-refractivity contribution in [3.63, 3.8) is 0 Å². The van der Waals surface area contributed by atoms with Crippen molar-refractivity contribution >= 4 is 0 Å². The zero-order valence-electron chi connectivity index (χ0n) is 12.9. The summed E-state index contributed by atoms with van der Waals surface area (Å²) in [5.41, 5.74) is 1.30. The minimum Gasteiger partial charge on any atom is -0.494 e. The lowest BCUT2D eigenvalue weighted by Crippen LogP contribution is -2.34. The van der Waals surface area contributed by atoms with Crippen LogP contribution in [-0.2, 0) is 0 Å². The predicted molar refractivity (Wildman–Crippen MR) is 81.8 cm³/mol.